The lowest BCUT2D eigenvalue weighted by Crippen LogP contribution is -2.09. The second-order valence-corrected chi connectivity index (χ2v) is 11.7. The maximum absolute atomic E-state index is 6.28. The summed E-state index contributed by atoms with van der Waals surface area (Å²) in [6.45, 7) is 0. The predicted octanol–water partition coefficient (Wildman–Crippen LogP) is 12.7. The molecular weight excluding hydrogens is 558 g/mol. The summed E-state index contributed by atoms with van der Waals surface area (Å²) in [5.41, 5.74) is 9.89. The molecule has 216 valence electrons. The molecule has 0 aliphatic carbocycles. The van der Waals surface area contributed by atoms with Crippen LogP contribution in [0, 0.1) is 0 Å². The number of anilines is 3. The maximum atomic E-state index is 6.28. The maximum Gasteiger partial charge on any atom is 0.137 e. The Balaban J connectivity index is 1.20. The summed E-state index contributed by atoms with van der Waals surface area (Å²) >= 11 is 0. The van der Waals surface area contributed by atoms with Crippen molar-refractivity contribution < 1.29 is 4.42 Å². The third-order valence-electron chi connectivity index (χ3n) is 9.04. The minimum absolute atomic E-state index is 0.882. The van der Waals surface area contributed by atoms with Crippen molar-refractivity contribution in [3.63, 3.8) is 0 Å². The number of rotatable bonds is 5. The topological polar surface area (TPSA) is 16.4 Å². The summed E-state index contributed by atoms with van der Waals surface area (Å²) in [5.74, 6) is 0. The Labute approximate surface area is 267 Å². The van der Waals surface area contributed by atoms with Crippen LogP contribution in [0.1, 0.15) is 0 Å². The van der Waals surface area contributed by atoms with Gasteiger partial charge in [-0.15, -0.1) is 0 Å². The highest BCUT2D eigenvalue weighted by molar-refractivity contribution is 6.18. The highest BCUT2D eigenvalue weighted by Gasteiger charge is 2.17. The van der Waals surface area contributed by atoms with E-state index in [1.165, 1.54) is 43.8 Å². The predicted molar refractivity (Wildman–Crippen MR) is 194 cm³/mol. The molecule has 0 fully saturated rings. The van der Waals surface area contributed by atoms with Crippen LogP contribution >= 0.6 is 0 Å². The van der Waals surface area contributed by atoms with Crippen LogP contribution < -0.4 is 4.90 Å². The van der Waals surface area contributed by atoms with Gasteiger partial charge in [-0.2, -0.15) is 0 Å². The number of fused-ring (bicyclic) bond motifs is 6. The van der Waals surface area contributed by atoms with Crippen molar-refractivity contribution in [3.05, 3.63) is 176 Å². The first-order valence-electron chi connectivity index (χ1n) is 15.7. The molecule has 0 bridgehead atoms. The average Bonchev–Trinajstić information content (AvgIpc) is 3.50. The fraction of sp³-hybridized carbons (Fsp3) is 0. The van der Waals surface area contributed by atoms with Crippen LogP contribution in [0.25, 0.3) is 65.7 Å². The number of hydrogen-bond acceptors (Lipinski definition) is 2. The molecule has 1 aromatic heterocycles. The van der Waals surface area contributed by atoms with Crippen molar-refractivity contribution in [1.82, 2.24) is 0 Å². The SMILES string of the molecule is c1ccc(-c2cc3ccccc3c3cccc(-c4ccc(N(c5ccccc5)c5ccc6c(c5)oc5ccccc56)cc4)c23)cc1. The number of benzene rings is 8. The Hall–Kier alpha value is -6.12. The molecule has 0 unspecified atom stereocenters. The highest BCUT2D eigenvalue weighted by atomic mass is 16.3. The molecule has 0 spiro atoms. The van der Waals surface area contributed by atoms with Gasteiger partial charge >= 0.3 is 0 Å². The van der Waals surface area contributed by atoms with Crippen molar-refractivity contribution in [3.8, 4) is 22.3 Å². The van der Waals surface area contributed by atoms with E-state index in [0.29, 0.717) is 0 Å². The van der Waals surface area contributed by atoms with Gasteiger partial charge in [-0.05, 0) is 92.3 Å². The molecule has 0 aliphatic rings. The smallest absolute Gasteiger partial charge is 0.137 e. The van der Waals surface area contributed by atoms with E-state index in [9.17, 15) is 0 Å². The third-order valence-corrected chi connectivity index (χ3v) is 9.04. The Bertz CT molecular complexity index is 2510. The molecule has 1 heterocycles. The highest BCUT2D eigenvalue weighted by Crippen LogP contribution is 2.42. The third kappa shape index (κ3) is 4.35. The molecule has 0 N–H and O–H groups in total. The van der Waals surface area contributed by atoms with Gasteiger partial charge in [0.25, 0.3) is 0 Å². The first-order chi connectivity index (χ1) is 22.8. The Morgan fingerprint density at radius 1 is 0.348 bits per heavy atom. The fourth-order valence-corrected chi connectivity index (χ4v) is 6.92. The van der Waals surface area contributed by atoms with E-state index in [2.05, 4.69) is 169 Å². The van der Waals surface area contributed by atoms with Crippen molar-refractivity contribution in [1.29, 1.82) is 0 Å². The monoisotopic (exact) mass is 587 g/mol. The van der Waals surface area contributed by atoms with E-state index in [4.69, 9.17) is 4.42 Å². The van der Waals surface area contributed by atoms with Crippen molar-refractivity contribution >= 4 is 60.5 Å². The summed E-state index contributed by atoms with van der Waals surface area (Å²) in [6, 6.07) is 62.7. The number of nitrogens with zero attached hydrogens (tertiary/aromatic N) is 1. The molecule has 0 amide bonds. The molecule has 2 nitrogen and oxygen atoms in total. The van der Waals surface area contributed by atoms with E-state index >= 15 is 0 Å². The van der Waals surface area contributed by atoms with Crippen LogP contribution in [-0.2, 0) is 0 Å². The Kier molecular flexibility index (Phi) is 6.17. The van der Waals surface area contributed by atoms with Gasteiger partial charge in [0.05, 0.1) is 0 Å². The zero-order valence-corrected chi connectivity index (χ0v) is 25.1. The molecule has 9 rings (SSSR count). The van der Waals surface area contributed by atoms with Gasteiger partial charge in [0, 0.05) is 33.9 Å². The second kappa shape index (κ2) is 10.8. The minimum Gasteiger partial charge on any atom is -0.456 e. The van der Waals surface area contributed by atoms with Gasteiger partial charge in [-0.3, -0.25) is 0 Å². The van der Waals surface area contributed by atoms with Crippen molar-refractivity contribution in [2.24, 2.45) is 0 Å². The quantitative estimate of drug-likeness (QED) is 0.186. The minimum atomic E-state index is 0.882. The fourth-order valence-electron chi connectivity index (χ4n) is 6.92. The molecular formula is C44H29NO. The van der Waals surface area contributed by atoms with Crippen LogP contribution in [0.3, 0.4) is 0 Å². The van der Waals surface area contributed by atoms with Crippen LogP contribution in [0.5, 0.6) is 0 Å². The molecule has 0 aliphatic heterocycles. The van der Waals surface area contributed by atoms with E-state index in [-0.39, 0.29) is 0 Å². The van der Waals surface area contributed by atoms with Crippen molar-refractivity contribution in [2.75, 3.05) is 4.90 Å². The van der Waals surface area contributed by atoms with Crippen LogP contribution in [-0.4, -0.2) is 0 Å². The Morgan fingerprint density at radius 3 is 1.78 bits per heavy atom. The second-order valence-electron chi connectivity index (χ2n) is 11.7. The summed E-state index contributed by atoms with van der Waals surface area (Å²) in [7, 11) is 0. The van der Waals surface area contributed by atoms with Crippen LogP contribution in [0.4, 0.5) is 17.1 Å². The van der Waals surface area contributed by atoms with E-state index < -0.39 is 0 Å². The molecule has 2 heteroatoms. The van der Waals surface area contributed by atoms with E-state index in [1.54, 1.807) is 0 Å². The standard InChI is InChI=1S/C44H29NO/c1-3-12-30(13-4-1)41-28-32-14-7-8-17-36(32)40-20-11-19-37(44(40)41)31-22-24-34(25-23-31)45(33-15-5-2-6-16-33)35-26-27-39-38-18-9-10-21-42(38)46-43(39)29-35/h1-29H. The van der Waals surface area contributed by atoms with Crippen LogP contribution in [0.15, 0.2) is 180 Å². The first kappa shape index (κ1) is 26.3. The first-order valence-corrected chi connectivity index (χ1v) is 15.7. The van der Waals surface area contributed by atoms with Gasteiger partial charge in [-0.1, -0.05) is 121 Å². The Morgan fingerprint density at radius 2 is 0.957 bits per heavy atom. The van der Waals surface area contributed by atoms with Gasteiger partial charge < -0.3 is 9.32 Å². The molecule has 0 saturated carbocycles. The molecule has 8 aromatic carbocycles. The summed E-state index contributed by atoms with van der Waals surface area (Å²) in [4.78, 5) is 2.29. The number of furan rings is 1. The van der Waals surface area contributed by atoms with Gasteiger partial charge in [0.2, 0.25) is 0 Å². The summed E-state index contributed by atoms with van der Waals surface area (Å²) in [6.07, 6.45) is 0. The molecule has 0 radical (unpaired) electrons. The zero-order valence-electron chi connectivity index (χ0n) is 25.1. The number of para-hydroxylation sites is 2. The van der Waals surface area contributed by atoms with E-state index in [1.807, 2.05) is 12.1 Å². The molecule has 46 heavy (non-hydrogen) atoms. The lowest BCUT2D eigenvalue weighted by molar-refractivity contribution is 0.669. The largest absolute Gasteiger partial charge is 0.456 e. The van der Waals surface area contributed by atoms with Gasteiger partial charge in [-0.25, -0.2) is 0 Å². The van der Waals surface area contributed by atoms with Crippen molar-refractivity contribution in [2.45, 2.75) is 0 Å². The summed E-state index contributed by atoms with van der Waals surface area (Å²) in [5, 5.41) is 7.32. The zero-order chi connectivity index (χ0) is 30.5. The normalized spacial score (nSPS) is 11.5. The molecule has 0 atom stereocenters. The lowest BCUT2D eigenvalue weighted by Gasteiger charge is -2.25. The van der Waals surface area contributed by atoms with Gasteiger partial charge in [0.15, 0.2) is 0 Å². The lowest BCUT2D eigenvalue weighted by atomic mass is 9.88. The van der Waals surface area contributed by atoms with E-state index in [0.717, 1.165) is 39.0 Å². The average molecular weight is 588 g/mol. The van der Waals surface area contributed by atoms with Crippen LogP contribution in [0.2, 0.25) is 0 Å². The molecule has 9 aromatic rings. The van der Waals surface area contributed by atoms with Gasteiger partial charge in [0.1, 0.15) is 11.2 Å². The number of hydrogen-bond donors (Lipinski definition) is 0. The summed E-state index contributed by atoms with van der Waals surface area (Å²) < 4.78 is 6.28. The molecule has 0 saturated heterocycles.